The molecule has 1 aromatic carbocycles. The summed E-state index contributed by atoms with van der Waals surface area (Å²) in [5, 5.41) is 0. The molecule has 0 unspecified atom stereocenters. The third-order valence-electron chi connectivity index (χ3n) is 1.96. The number of hydrogen-bond acceptors (Lipinski definition) is 0. The summed E-state index contributed by atoms with van der Waals surface area (Å²) in [5.41, 5.74) is 3.18. The Kier molecular flexibility index (Phi) is 3.69. The van der Waals surface area contributed by atoms with Crippen molar-refractivity contribution in [3.8, 4) is 0 Å². The lowest BCUT2D eigenvalue weighted by atomic mass is 10.1. The Morgan fingerprint density at radius 3 is 2.29 bits per heavy atom. The molecule has 0 aliphatic carbocycles. The standard InChI is InChI=1S/C14H14/c1-4-12(3)10-11-14-9-7-6-8-13(14)5-2/h4-11H,1-3H2/b11-10-. The highest BCUT2D eigenvalue weighted by atomic mass is 14.0. The van der Waals surface area contributed by atoms with E-state index in [0.29, 0.717) is 0 Å². The summed E-state index contributed by atoms with van der Waals surface area (Å²) in [6, 6.07) is 8.08. The average Bonchev–Trinajstić information content (AvgIpc) is 2.26. The Morgan fingerprint density at radius 2 is 1.71 bits per heavy atom. The second-order valence-electron chi connectivity index (χ2n) is 2.95. The van der Waals surface area contributed by atoms with E-state index in [2.05, 4.69) is 19.7 Å². The molecule has 0 aliphatic heterocycles. The predicted molar refractivity (Wildman–Crippen MR) is 64.9 cm³/mol. The Bertz CT molecular complexity index is 381. The highest BCUT2D eigenvalue weighted by Crippen LogP contribution is 2.12. The maximum absolute atomic E-state index is 3.81. The van der Waals surface area contributed by atoms with Crippen molar-refractivity contribution < 1.29 is 0 Å². The number of allylic oxidation sites excluding steroid dienone is 3. The third-order valence-corrected chi connectivity index (χ3v) is 1.96. The van der Waals surface area contributed by atoms with E-state index in [4.69, 9.17) is 0 Å². The van der Waals surface area contributed by atoms with Gasteiger partial charge in [0.2, 0.25) is 0 Å². The van der Waals surface area contributed by atoms with E-state index in [0.717, 1.165) is 16.7 Å². The van der Waals surface area contributed by atoms with E-state index in [1.165, 1.54) is 0 Å². The summed E-state index contributed by atoms with van der Waals surface area (Å²) in [5.74, 6) is 0. The maximum Gasteiger partial charge on any atom is -0.0184 e. The van der Waals surface area contributed by atoms with E-state index in [1.54, 1.807) is 6.08 Å². The summed E-state index contributed by atoms with van der Waals surface area (Å²) < 4.78 is 0. The molecule has 0 atom stereocenters. The van der Waals surface area contributed by atoms with Gasteiger partial charge in [0, 0.05) is 0 Å². The number of benzene rings is 1. The summed E-state index contributed by atoms with van der Waals surface area (Å²) in [7, 11) is 0. The molecular formula is C14H14. The fraction of sp³-hybridized carbons (Fsp3) is 0. The first kappa shape index (κ1) is 10.3. The zero-order chi connectivity index (χ0) is 10.4. The van der Waals surface area contributed by atoms with E-state index >= 15 is 0 Å². The maximum atomic E-state index is 3.81. The van der Waals surface area contributed by atoms with Gasteiger partial charge in [-0.2, -0.15) is 0 Å². The Balaban J connectivity index is 2.96. The van der Waals surface area contributed by atoms with Crippen LogP contribution in [0.5, 0.6) is 0 Å². The molecule has 0 fully saturated rings. The van der Waals surface area contributed by atoms with Crippen molar-refractivity contribution in [1.82, 2.24) is 0 Å². The zero-order valence-corrected chi connectivity index (χ0v) is 8.24. The smallest absolute Gasteiger partial charge is 0.0184 e. The molecule has 0 aliphatic rings. The molecule has 0 bridgehead atoms. The lowest BCUT2D eigenvalue weighted by molar-refractivity contribution is 1.61. The first-order valence-corrected chi connectivity index (χ1v) is 4.49. The topological polar surface area (TPSA) is 0 Å². The normalized spacial score (nSPS) is 10.0. The molecule has 0 nitrogen and oxygen atoms in total. The summed E-state index contributed by atoms with van der Waals surface area (Å²) >= 11 is 0. The van der Waals surface area contributed by atoms with Gasteiger partial charge in [0.1, 0.15) is 0 Å². The minimum Gasteiger partial charge on any atom is -0.0985 e. The van der Waals surface area contributed by atoms with Gasteiger partial charge in [-0.15, -0.1) is 0 Å². The average molecular weight is 182 g/mol. The van der Waals surface area contributed by atoms with Crippen LogP contribution in [0, 0.1) is 0 Å². The molecule has 0 amide bonds. The molecule has 0 spiro atoms. The second-order valence-corrected chi connectivity index (χ2v) is 2.95. The van der Waals surface area contributed by atoms with E-state index in [-0.39, 0.29) is 0 Å². The molecule has 1 aromatic rings. The van der Waals surface area contributed by atoms with Crippen molar-refractivity contribution in [2.24, 2.45) is 0 Å². The molecule has 70 valence electrons. The molecule has 0 radical (unpaired) electrons. The van der Waals surface area contributed by atoms with Gasteiger partial charge < -0.3 is 0 Å². The van der Waals surface area contributed by atoms with Crippen LogP contribution < -0.4 is 0 Å². The van der Waals surface area contributed by atoms with Crippen molar-refractivity contribution in [3.05, 3.63) is 72.9 Å². The Hall–Kier alpha value is -1.82. The monoisotopic (exact) mass is 182 g/mol. The molecule has 0 saturated carbocycles. The molecule has 0 N–H and O–H groups in total. The zero-order valence-electron chi connectivity index (χ0n) is 8.24. The third kappa shape index (κ3) is 2.60. The van der Waals surface area contributed by atoms with Crippen LogP contribution in [0.2, 0.25) is 0 Å². The lowest BCUT2D eigenvalue weighted by Gasteiger charge is -1.99. The van der Waals surface area contributed by atoms with Crippen LogP contribution >= 0.6 is 0 Å². The van der Waals surface area contributed by atoms with Crippen LogP contribution in [-0.4, -0.2) is 0 Å². The highest BCUT2D eigenvalue weighted by Gasteiger charge is 1.91. The van der Waals surface area contributed by atoms with Gasteiger partial charge in [0.05, 0.1) is 0 Å². The van der Waals surface area contributed by atoms with E-state index in [9.17, 15) is 0 Å². The highest BCUT2D eigenvalue weighted by molar-refractivity contribution is 5.65. The minimum absolute atomic E-state index is 0.906. The van der Waals surface area contributed by atoms with Gasteiger partial charge in [-0.1, -0.05) is 68.3 Å². The second kappa shape index (κ2) is 5.03. The van der Waals surface area contributed by atoms with E-state index in [1.807, 2.05) is 42.5 Å². The Labute approximate surface area is 85.6 Å². The van der Waals surface area contributed by atoms with E-state index < -0.39 is 0 Å². The number of hydrogen-bond donors (Lipinski definition) is 0. The van der Waals surface area contributed by atoms with Crippen molar-refractivity contribution in [2.45, 2.75) is 0 Å². The van der Waals surface area contributed by atoms with Crippen LogP contribution in [0.4, 0.5) is 0 Å². The van der Waals surface area contributed by atoms with Crippen LogP contribution in [0.1, 0.15) is 11.1 Å². The first-order chi connectivity index (χ1) is 6.77. The summed E-state index contributed by atoms with van der Waals surface area (Å²) in [6.45, 7) is 11.2. The predicted octanol–water partition coefficient (Wildman–Crippen LogP) is 4.09. The molecule has 0 saturated heterocycles. The molecule has 0 aromatic heterocycles. The van der Waals surface area contributed by atoms with Crippen LogP contribution in [0.25, 0.3) is 12.2 Å². The molecule has 0 heteroatoms. The van der Waals surface area contributed by atoms with Crippen LogP contribution in [-0.2, 0) is 0 Å². The van der Waals surface area contributed by atoms with Gasteiger partial charge >= 0.3 is 0 Å². The van der Waals surface area contributed by atoms with Gasteiger partial charge in [-0.05, 0) is 16.7 Å². The fourth-order valence-corrected chi connectivity index (χ4v) is 1.11. The van der Waals surface area contributed by atoms with Crippen molar-refractivity contribution >= 4 is 12.2 Å². The van der Waals surface area contributed by atoms with Gasteiger partial charge in [0.25, 0.3) is 0 Å². The summed E-state index contributed by atoms with van der Waals surface area (Å²) in [6.07, 6.45) is 7.53. The van der Waals surface area contributed by atoms with Crippen molar-refractivity contribution in [3.63, 3.8) is 0 Å². The quantitative estimate of drug-likeness (QED) is 0.615. The first-order valence-electron chi connectivity index (χ1n) is 4.49. The fourth-order valence-electron chi connectivity index (χ4n) is 1.11. The molecule has 1 rings (SSSR count). The molecule has 14 heavy (non-hydrogen) atoms. The van der Waals surface area contributed by atoms with Crippen LogP contribution in [0.3, 0.4) is 0 Å². The SMILES string of the molecule is C=CC(=C)/C=C\c1ccccc1C=C. The van der Waals surface area contributed by atoms with Crippen LogP contribution in [0.15, 0.2) is 61.7 Å². The largest absolute Gasteiger partial charge is 0.0985 e. The van der Waals surface area contributed by atoms with Crippen molar-refractivity contribution in [1.29, 1.82) is 0 Å². The Morgan fingerprint density at radius 1 is 1.07 bits per heavy atom. The minimum atomic E-state index is 0.906. The summed E-state index contributed by atoms with van der Waals surface area (Å²) in [4.78, 5) is 0. The van der Waals surface area contributed by atoms with Crippen molar-refractivity contribution in [2.75, 3.05) is 0 Å². The van der Waals surface area contributed by atoms with Gasteiger partial charge in [-0.3, -0.25) is 0 Å². The number of rotatable bonds is 4. The molecular weight excluding hydrogens is 168 g/mol. The lowest BCUT2D eigenvalue weighted by Crippen LogP contribution is -1.78. The molecule has 0 heterocycles. The van der Waals surface area contributed by atoms with Gasteiger partial charge in [-0.25, -0.2) is 0 Å². The van der Waals surface area contributed by atoms with Gasteiger partial charge in [0.15, 0.2) is 0 Å².